The highest BCUT2D eigenvalue weighted by Crippen LogP contribution is 2.19. The van der Waals surface area contributed by atoms with E-state index in [1.54, 1.807) is 18.2 Å². The first-order chi connectivity index (χ1) is 9.54. The number of hydrogen-bond donors (Lipinski definition) is 2. The Morgan fingerprint density at radius 2 is 2.10 bits per heavy atom. The molecule has 0 saturated heterocycles. The summed E-state index contributed by atoms with van der Waals surface area (Å²) in [6.45, 7) is 0. The van der Waals surface area contributed by atoms with Gasteiger partial charge in [-0.15, -0.1) is 0 Å². The summed E-state index contributed by atoms with van der Waals surface area (Å²) in [6, 6.07) is 7.88. The van der Waals surface area contributed by atoms with Crippen molar-refractivity contribution in [2.75, 3.05) is 5.32 Å². The Balaban J connectivity index is 2.09. The first-order valence-electron chi connectivity index (χ1n) is 5.61. The quantitative estimate of drug-likeness (QED) is 0.839. The molecule has 2 aromatic rings. The lowest BCUT2D eigenvalue weighted by molar-refractivity contribution is -0.111. The van der Waals surface area contributed by atoms with E-state index >= 15 is 0 Å². The molecule has 2 N–H and O–H groups in total. The Morgan fingerprint density at radius 3 is 2.75 bits per heavy atom. The van der Waals surface area contributed by atoms with Crippen LogP contribution in [0.4, 0.5) is 5.69 Å². The van der Waals surface area contributed by atoms with Crippen molar-refractivity contribution >= 4 is 39.6 Å². The SMILES string of the molecule is O=C(/C=C/c1ccco1)Nc1cc(Br)cc(C(=O)O)c1. The summed E-state index contributed by atoms with van der Waals surface area (Å²) in [5.41, 5.74) is 0.482. The topological polar surface area (TPSA) is 79.5 Å². The average Bonchev–Trinajstić information content (AvgIpc) is 2.88. The molecule has 0 fully saturated rings. The van der Waals surface area contributed by atoms with Crippen molar-refractivity contribution in [2.45, 2.75) is 0 Å². The number of halogens is 1. The second-order valence-corrected chi connectivity index (χ2v) is 4.79. The number of carbonyl (C=O) groups excluding carboxylic acids is 1. The number of carboxylic acids is 1. The van der Waals surface area contributed by atoms with Crippen LogP contribution in [-0.4, -0.2) is 17.0 Å². The third-order valence-electron chi connectivity index (χ3n) is 2.35. The predicted molar refractivity (Wildman–Crippen MR) is 77.5 cm³/mol. The van der Waals surface area contributed by atoms with Crippen LogP contribution in [0.15, 0.2) is 51.6 Å². The minimum absolute atomic E-state index is 0.0877. The molecule has 0 spiro atoms. The number of amides is 1. The molecular formula is C14H10BrNO4. The molecule has 0 aliphatic heterocycles. The molecule has 1 amide bonds. The lowest BCUT2D eigenvalue weighted by Crippen LogP contribution is -2.08. The number of carboxylic acid groups (broad SMARTS) is 1. The van der Waals surface area contributed by atoms with Gasteiger partial charge in [0.1, 0.15) is 5.76 Å². The van der Waals surface area contributed by atoms with Gasteiger partial charge in [0.2, 0.25) is 5.91 Å². The fraction of sp³-hybridized carbons (Fsp3) is 0. The fourth-order valence-electron chi connectivity index (χ4n) is 1.51. The first kappa shape index (κ1) is 14.1. The maximum atomic E-state index is 11.7. The number of carbonyl (C=O) groups is 2. The molecule has 20 heavy (non-hydrogen) atoms. The lowest BCUT2D eigenvalue weighted by atomic mass is 10.2. The third kappa shape index (κ3) is 3.83. The van der Waals surface area contributed by atoms with E-state index in [0.29, 0.717) is 15.9 Å². The zero-order valence-corrected chi connectivity index (χ0v) is 11.8. The lowest BCUT2D eigenvalue weighted by Gasteiger charge is -2.04. The van der Waals surface area contributed by atoms with E-state index in [9.17, 15) is 9.59 Å². The second-order valence-electron chi connectivity index (χ2n) is 3.87. The number of hydrogen-bond acceptors (Lipinski definition) is 3. The third-order valence-corrected chi connectivity index (χ3v) is 2.81. The molecule has 0 radical (unpaired) electrons. The van der Waals surface area contributed by atoms with Crippen molar-refractivity contribution in [3.8, 4) is 0 Å². The van der Waals surface area contributed by atoms with Gasteiger partial charge in [-0.2, -0.15) is 0 Å². The molecule has 6 heteroatoms. The summed E-state index contributed by atoms with van der Waals surface area (Å²) in [4.78, 5) is 22.6. The monoisotopic (exact) mass is 335 g/mol. The van der Waals surface area contributed by atoms with E-state index in [1.807, 2.05) is 0 Å². The van der Waals surface area contributed by atoms with Crippen molar-refractivity contribution in [1.82, 2.24) is 0 Å². The van der Waals surface area contributed by atoms with Crippen LogP contribution in [0.3, 0.4) is 0 Å². The van der Waals surface area contributed by atoms with Crippen molar-refractivity contribution in [3.63, 3.8) is 0 Å². The molecule has 0 saturated carbocycles. The van der Waals surface area contributed by atoms with Crippen LogP contribution in [0.25, 0.3) is 6.08 Å². The van der Waals surface area contributed by atoms with Gasteiger partial charge in [-0.05, 0) is 36.4 Å². The smallest absolute Gasteiger partial charge is 0.335 e. The van der Waals surface area contributed by atoms with E-state index in [4.69, 9.17) is 9.52 Å². The van der Waals surface area contributed by atoms with Crippen LogP contribution in [0, 0.1) is 0 Å². The molecule has 0 aliphatic rings. The Labute approximate surface area is 123 Å². The van der Waals surface area contributed by atoms with E-state index in [0.717, 1.165) is 0 Å². The van der Waals surface area contributed by atoms with Gasteiger partial charge in [-0.1, -0.05) is 15.9 Å². The van der Waals surface area contributed by atoms with Crippen molar-refractivity contribution in [2.24, 2.45) is 0 Å². The van der Waals surface area contributed by atoms with E-state index < -0.39 is 5.97 Å². The summed E-state index contributed by atoms with van der Waals surface area (Å²) >= 11 is 3.19. The number of anilines is 1. The highest BCUT2D eigenvalue weighted by Gasteiger charge is 2.07. The Kier molecular flexibility index (Phi) is 4.37. The molecule has 0 aliphatic carbocycles. The minimum atomic E-state index is -1.06. The summed E-state index contributed by atoms with van der Waals surface area (Å²) in [7, 11) is 0. The molecule has 5 nitrogen and oxygen atoms in total. The van der Waals surface area contributed by atoms with Crippen LogP contribution in [0.2, 0.25) is 0 Å². The summed E-state index contributed by atoms with van der Waals surface area (Å²) < 4.78 is 5.62. The molecule has 0 unspecified atom stereocenters. The van der Waals surface area contributed by atoms with Crippen LogP contribution in [-0.2, 0) is 4.79 Å². The molecule has 2 rings (SSSR count). The van der Waals surface area contributed by atoms with Gasteiger partial charge < -0.3 is 14.8 Å². The molecule has 1 heterocycles. The molecule has 0 atom stereocenters. The number of benzene rings is 1. The summed E-state index contributed by atoms with van der Waals surface area (Å²) in [5.74, 6) is -0.885. The summed E-state index contributed by atoms with van der Waals surface area (Å²) in [5, 5.41) is 11.5. The Hall–Kier alpha value is -2.34. The highest BCUT2D eigenvalue weighted by molar-refractivity contribution is 9.10. The van der Waals surface area contributed by atoms with E-state index in [2.05, 4.69) is 21.2 Å². The normalized spacial score (nSPS) is 10.7. The van der Waals surface area contributed by atoms with E-state index in [-0.39, 0.29) is 11.5 Å². The standard InChI is InChI=1S/C14H10BrNO4/c15-10-6-9(14(18)19)7-11(8-10)16-13(17)4-3-12-2-1-5-20-12/h1-8H,(H,16,17)(H,18,19)/b4-3+. The highest BCUT2D eigenvalue weighted by atomic mass is 79.9. The average molecular weight is 336 g/mol. The van der Waals surface area contributed by atoms with Crippen LogP contribution >= 0.6 is 15.9 Å². The summed E-state index contributed by atoms with van der Waals surface area (Å²) in [6.07, 6.45) is 4.33. The first-order valence-corrected chi connectivity index (χ1v) is 6.40. The Morgan fingerprint density at radius 1 is 1.30 bits per heavy atom. The fourth-order valence-corrected chi connectivity index (χ4v) is 2.01. The van der Waals surface area contributed by atoms with Gasteiger partial charge in [0.05, 0.1) is 11.8 Å². The number of nitrogens with one attached hydrogen (secondary N) is 1. The number of aromatic carboxylic acids is 1. The largest absolute Gasteiger partial charge is 0.478 e. The Bertz CT molecular complexity index is 662. The predicted octanol–water partition coefficient (Wildman–Crippen LogP) is 3.39. The molecule has 102 valence electrons. The van der Waals surface area contributed by atoms with Crippen molar-refractivity contribution in [3.05, 3.63) is 58.5 Å². The molecule has 1 aromatic carbocycles. The van der Waals surface area contributed by atoms with Crippen LogP contribution in [0.5, 0.6) is 0 Å². The second kappa shape index (κ2) is 6.21. The van der Waals surface area contributed by atoms with E-state index in [1.165, 1.54) is 30.5 Å². The minimum Gasteiger partial charge on any atom is -0.478 e. The van der Waals surface area contributed by atoms with Gasteiger partial charge in [-0.3, -0.25) is 4.79 Å². The van der Waals surface area contributed by atoms with Crippen molar-refractivity contribution < 1.29 is 19.1 Å². The van der Waals surface area contributed by atoms with Crippen LogP contribution in [0.1, 0.15) is 16.1 Å². The molecular weight excluding hydrogens is 326 g/mol. The number of rotatable bonds is 4. The maximum absolute atomic E-state index is 11.7. The molecule has 1 aromatic heterocycles. The van der Waals surface area contributed by atoms with Gasteiger partial charge in [0.25, 0.3) is 0 Å². The van der Waals surface area contributed by atoms with Gasteiger partial charge in [0, 0.05) is 16.2 Å². The zero-order valence-electron chi connectivity index (χ0n) is 10.2. The maximum Gasteiger partial charge on any atom is 0.335 e. The zero-order chi connectivity index (χ0) is 14.5. The van der Waals surface area contributed by atoms with Crippen LogP contribution < -0.4 is 5.32 Å². The van der Waals surface area contributed by atoms with Crippen molar-refractivity contribution in [1.29, 1.82) is 0 Å². The van der Waals surface area contributed by atoms with Gasteiger partial charge >= 0.3 is 5.97 Å². The molecule has 0 bridgehead atoms. The number of furan rings is 1. The van der Waals surface area contributed by atoms with Gasteiger partial charge in [-0.25, -0.2) is 4.79 Å². The van der Waals surface area contributed by atoms with Gasteiger partial charge in [0.15, 0.2) is 0 Å².